The molecule has 0 saturated carbocycles. The number of rotatable bonds is 9. The maximum atomic E-state index is 12.9. The molecule has 0 fully saturated rings. The molecule has 1 aliphatic rings. The van der Waals surface area contributed by atoms with Gasteiger partial charge >= 0.3 is 0 Å². The minimum Gasteiger partial charge on any atom is -0.497 e. The Morgan fingerprint density at radius 1 is 1.03 bits per heavy atom. The van der Waals surface area contributed by atoms with Crippen LogP contribution in [-0.2, 0) is 0 Å². The number of ketones is 1. The van der Waals surface area contributed by atoms with Crippen LogP contribution >= 0.6 is 0 Å². The summed E-state index contributed by atoms with van der Waals surface area (Å²) in [6.45, 7) is 1.66. The number of nitrogens with zero attached hydrogens (tertiary/aromatic N) is 1. The van der Waals surface area contributed by atoms with E-state index < -0.39 is 0 Å². The predicted octanol–water partition coefficient (Wildman–Crippen LogP) is 4.45. The standard InChI is InChI=1S/C28H30N2O4/c1-30(25-19-34-26-15-14-23(33-2)18-24(26)27(25)31)17-7-6-16-29-28(32)22-12-10-21(11-13-22)20-8-4-3-5-9-20/h3-5,8-15,18,25H,6-7,16-17,19H2,1-2H3,(H,29,32)/t25-/m1/s1. The van der Waals surface area contributed by atoms with E-state index in [0.29, 0.717) is 35.8 Å². The van der Waals surface area contributed by atoms with Crippen LogP contribution in [0.2, 0.25) is 0 Å². The summed E-state index contributed by atoms with van der Waals surface area (Å²) in [4.78, 5) is 27.4. The van der Waals surface area contributed by atoms with Gasteiger partial charge in [0.25, 0.3) is 5.91 Å². The third kappa shape index (κ3) is 5.46. The van der Waals surface area contributed by atoms with Gasteiger partial charge in [0.1, 0.15) is 24.1 Å². The Morgan fingerprint density at radius 3 is 2.50 bits per heavy atom. The van der Waals surface area contributed by atoms with E-state index in [1.807, 2.05) is 54.4 Å². The number of hydrogen-bond donors (Lipinski definition) is 1. The van der Waals surface area contributed by atoms with Crippen molar-refractivity contribution in [2.75, 3.05) is 33.9 Å². The number of likely N-dealkylation sites (N-methyl/N-ethyl adjacent to an activating group) is 1. The van der Waals surface area contributed by atoms with Crippen molar-refractivity contribution < 1.29 is 19.1 Å². The molecule has 0 aromatic heterocycles. The number of carbonyl (C=O) groups excluding carboxylic acids is 2. The molecule has 3 aromatic rings. The highest BCUT2D eigenvalue weighted by molar-refractivity contribution is 6.03. The monoisotopic (exact) mass is 458 g/mol. The van der Waals surface area contributed by atoms with E-state index >= 15 is 0 Å². The lowest BCUT2D eigenvalue weighted by molar-refractivity contribution is 0.0719. The van der Waals surface area contributed by atoms with Gasteiger partial charge in [-0.15, -0.1) is 0 Å². The second-order valence-electron chi connectivity index (χ2n) is 8.44. The van der Waals surface area contributed by atoms with Crippen LogP contribution in [-0.4, -0.2) is 56.5 Å². The van der Waals surface area contributed by atoms with Crippen molar-refractivity contribution >= 4 is 11.7 Å². The lowest BCUT2D eigenvalue weighted by Crippen LogP contribution is -2.46. The fraction of sp³-hybridized carbons (Fsp3) is 0.286. The summed E-state index contributed by atoms with van der Waals surface area (Å²) >= 11 is 0. The molecule has 176 valence electrons. The summed E-state index contributed by atoms with van der Waals surface area (Å²) in [5, 5.41) is 2.98. The zero-order valence-corrected chi connectivity index (χ0v) is 19.6. The summed E-state index contributed by atoms with van der Waals surface area (Å²) in [6, 6.07) is 22.7. The second kappa shape index (κ2) is 11.0. The van der Waals surface area contributed by atoms with Crippen molar-refractivity contribution in [2.24, 2.45) is 0 Å². The summed E-state index contributed by atoms with van der Waals surface area (Å²) in [5.74, 6) is 1.23. The molecular formula is C28H30N2O4. The molecule has 0 aliphatic carbocycles. The van der Waals surface area contributed by atoms with Gasteiger partial charge in [-0.3, -0.25) is 14.5 Å². The largest absolute Gasteiger partial charge is 0.497 e. The Bertz CT molecular complexity index is 1130. The molecule has 1 atom stereocenters. The van der Waals surface area contributed by atoms with Gasteiger partial charge in [0.05, 0.1) is 12.7 Å². The molecule has 0 spiro atoms. The van der Waals surface area contributed by atoms with Gasteiger partial charge in [-0.05, 0) is 67.9 Å². The Labute approximate surface area is 200 Å². The Kier molecular flexibility index (Phi) is 7.60. The molecule has 4 rings (SSSR count). The van der Waals surface area contributed by atoms with Crippen molar-refractivity contribution in [2.45, 2.75) is 18.9 Å². The number of benzene rings is 3. The van der Waals surface area contributed by atoms with Crippen molar-refractivity contribution in [3.8, 4) is 22.6 Å². The SMILES string of the molecule is COc1ccc2c(c1)C(=O)[C@H](N(C)CCCCNC(=O)c1ccc(-c3ccccc3)cc1)CO2. The topological polar surface area (TPSA) is 67.9 Å². The second-order valence-corrected chi connectivity index (χ2v) is 8.44. The van der Waals surface area contributed by atoms with Crippen LogP contribution in [0.5, 0.6) is 11.5 Å². The maximum absolute atomic E-state index is 12.9. The van der Waals surface area contributed by atoms with E-state index in [-0.39, 0.29) is 17.7 Å². The Balaban J connectivity index is 1.21. The average Bonchev–Trinajstić information content (AvgIpc) is 2.89. The van der Waals surface area contributed by atoms with Gasteiger partial charge in [0.2, 0.25) is 0 Å². The van der Waals surface area contributed by atoms with Gasteiger partial charge in [0.15, 0.2) is 5.78 Å². The average molecular weight is 459 g/mol. The number of ether oxygens (including phenoxy) is 2. The van der Waals surface area contributed by atoms with Gasteiger partial charge in [-0.25, -0.2) is 0 Å². The van der Waals surface area contributed by atoms with Gasteiger partial charge in [-0.2, -0.15) is 0 Å². The molecule has 3 aromatic carbocycles. The normalized spacial score (nSPS) is 14.9. The summed E-state index contributed by atoms with van der Waals surface area (Å²) in [5.41, 5.74) is 3.43. The number of Topliss-reactive ketones (excluding diaryl/α,β-unsaturated/α-hetero) is 1. The van der Waals surface area contributed by atoms with Gasteiger partial charge < -0.3 is 14.8 Å². The molecule has 0 saturated heterocycles. The lowest BCUT2D eigenvalue weighted by atomic mass is 9.99. The maximum Gasteiger partial charge on any atom is 0.251 e. The number of methoxy groups -OCH3 is 1. The fourth-order valence-electron chi connectivity index (χ4n) is 4.10. The van der Waals surface area contributed by atoms with Crippen LogP contribution in [0, 0.1) is 0 Å². The van der Waals surface area contributed by atoms with E-state index in [2.05, 4.69) is 17.4 Å². The number of nitrogens with one attached hydrogen (secondary N) is 1. The van der Waals surface area contributed by atoms with Crippen molar-refractivity contribution in [3.63, 3.8) is 0 Å². The molecule has 0 bridgehead atoms. The highest BCUT2D eigenvalue weighted by Gasteiger charge is 2.31. The van der Waals surface area contributed by atoms with Crippen LogP contribution in [0.3, 0.4) is 0 Å². The lowest BCUT2D eigenvalue weighted by Gasteiger charge is -2.31. The van der Waals surface area contributed by atoms with Gasteiger partial charge in [0, 0.05) is 12.1 Å². The zero-order chi connectivity index (χ0) is 23.9. The highest BCUT2D eigenvalue weighted by atomic mass is 16.5. The van der Waals surface area contributed by atoms with Crippen molar-refractivity contribution in [1.29, 1.82) is 0 Å². The fourth-order valence-corrected chi connectivity index (χ4v) is 4.10. The van der Waals surface area contributed by atoms with E-state index in [1.165, 1.54) is 0 Å². The third-order valence-corrected chi connectivity index (χ3v) is 6.16. The summed E-state index contributed by atoms with van der Waals surface area (Å²) in [6.07, 6.45) is 1.68. The number of amides is 1. The highest BCUT2D eigenvalue weighted by Crippen LogP contribution is 2.30. The van der Waals surface area contributed by atoms with Crippen LogP contribution in [0.1, 0.15) is 33.6 Å². The number of fused-ring (bicyclic) bond motifs is 1. The first-order valence-corrected chi connectivity index (χ1v) is 11.6. The molecule has 0 unspecified atom stereocenters. The van der Waals surface area contributed by atoms with Crippen LogP contribution in [0.4, 0.5) is 0 Å². The van der Waals surface area contributed by atoms with E-state index in [9.17, 15) is 9.59 Å². The molecular weight excluding hydrogens is 428 g/mol. The third-order valence-electron chi connectivity index (χ3n) is 6.16. The summed E-state index contributed by atoms with van der Waals surface area (Å²) in [7, 11) is 3.52. The minimum atomic E-state index is -0.322. The molecule has 1 N–H and O–H groups in total. The Morgan fingerprint density at radius 2 is 1.76 bits per heavy atom. The molecule has 0 radical (unpaired) electrons. The van der Waals surface area contributed by atoms with Crippen LogP contribution < -0.4 is 14.8 Å². The molecule has 6 nitrogen and oxygen atoms in total. The van der Waals surface area contributed by atoms with Gasteiger partial charge in [-0.1, -0.05) is 42.5 Å². The molecule has 1 amide bonds. The molecule has 34 heavy (non-hydrogen) atoms. The van der Waals surface area contributed by atoms with E-state index in [1.54, 1.807) is 25.3 Å². The summed E-state index contributed by atoms with van der Waals surface area (Å²) < 4.78 is 11.0. The first-order valence-electron chi connectivity index (χ1n) is 11.6. The van der Waals surface area contributed by atoms with Crippen molar-refractivity contribution in [1.82, 2.24) is 10.2 Å². The first kappa shape index (κ1) is 23.5. The smallest absolute Gasteiger partial charge is 0.251 e. The zero-order valence-electron chi connectivity index (χ0n) is 19.6. The number of carbonyl (C=O) groups is 2. The quantitative estimate of drug-likeness (QED) is 0.480. The molecule has 1 heterocycles. The molecule has 1 aliphatic heterocycles. The van der Waals surface area contributed by atoms with Crippen molar-refractivity contribution in [3.05, 3.63) is 83.9 Å². The minimum absolute atomic E-state index is 0.0508. The van der Waals surface area contributed by atoms with E-state index in [0.717, 1.165) is 30.5 Å². The Hall–Kier alpha value is -3.64. The van der Waals surface area contributed by atoms with Crippen LogP contribution in [0.15, 0.2) is 72.8 Å². The predicted molar refractivity (Wildman–Crippen MR) is 133 cm³/mol. The number of hydrogen-bond acceptors (Lipinski definition) is 5. The number of unbranched alkanes of at least 4 members (excludes halogenated alkanes) is 1. The van der Waals surface area contributed by atoms with E-state index in [4.69, 9.17) is 9.47 Å². The molecule has 6 heteroatoms. The van der Waals surface area contributed by atoms with Crippen LogP contribution in [0.25, 0.3) is 11.1 Å². The first-order chi connectivity index (χ1) is 16.6.